The lowest BCUT2D eigenvalue weighted by molar-refractivity contribution is -0.114. The Morgan fingerprint density at radius 2 is 1.82 bits per heavy atom. The van der Waals surface area contributed by atoms with Crippen LogP contribution in [0.5, 0.6) is 5.75 Å². The number of hydrogen-bond acceptors (Lipinski definition) is 3. The Labute approximate surface area is 129 Å². The summed E-state index contributed by atoms with van der Waals surface area (Å²) in [6, 6.07) is 13.4. The molecule has 0 aliphatic rings. The van der Waals surface area contributed by atoms with Gasteiger partial charge in [0.1, 0.15) is 5.75 Å². The molecule has 0 saturated heterocycles. The highest BCUT2D eigenvalue weighted by Gasteiger charge is 2.14. The van der Waals surface area contributed by atoms with Crippen molar-refractivity contribution in [1.29, 1.82) is 0 Å². The number of para-hydroxylation sites is 1. The maximum Gasteiger partial charge on any atom is 0.255 e. The molecule has 0 aliphatic carbocycles. The third-order valence-electron chi connectivity index (χ3n) is 3.20. The van der Waals surface area contributed by atoms with E-state index in [-0.39, 0.29) is 29.2 Å². The maximum absolute atomic E-state index is 12.2. The minimum atomic E-state index is -0.351. The molecule has 5 nitrogen and oxygen atoms in total. The molecule has 0 aromatic heterocycles. The highest BCUT2D eigenvalue weighted by Crippen LogP contribution is 2.20. The molecular weight excluding hydrogens is 280 g/mol. The second-order valence-electron chi connectivity index (χ2n) is 5.02. The van der Waals surface area contributed by atoms with E-state index in [1.807, 2.05) is 19.1 Å². The first-order chi connectivity index (χ1) is 10.5. The summed E-state index contributed by atoms with van der Waals surface area (Å²) in [5.74, 6) is -0.558. The largest absolute Gasteiger partial charge is 0.507 e. The Hall–Kier alpha value is -2.82. The van der Waals surface area contributed by atoms with Crippen molar-refractivity contribution >= 4 is 17.5 Å². The molecule has 0 unspecified atom stereocenters. The second-order valence-corrected chi connectivity index (χ2v) is 5.02. The van der Waals surface area contributed by atoms with Crippen molar-refractivity contribution < 1.29 is 14.7 Å². The van der Waals surface area contributed by atoms with Crippen LogP contribution < -0.4 is 10.6 Å². The van der Waals surface area contributed by atoms with Crippen LogP contribution in [0.3, 0.4) is 0 Å². The van der Waals surface area contributed by atoms with Crippen LogP contribution in [0.4, 0.5) is 5.69 Å². The Morgan fingerprint density at radius 1 is 1.09 bits per heavy atom. The van der Waals surface area contributed by atoms with Crippen LogP contribution in [0, 0.1) is 0 Å². The van der Waals surface area contributed by atoms with E-state index in [0.717, 1.165) is 5.56 Å². The van der Waals surface area contributed by atoms with Crippen LogP contribution in [-0.4, -0.2) is 16.9 Å². The van der Waals surface area contributed by atoms with Gasteiger partial charge in [-0.05, 0) is 36.8 Å². The molecule has 0 spiro atoms. The maximum atomic E-state index is 12.2. The number of aromatic hydroxyl groups is 1. The van der Waals surface area contributed by atoms with E-state index in [1.54, 1.807) is 30.3 Å². The molecule has 0 heterocycles. The number of phenolic OH excluding ortho intramolecular Hbond substituents is 1. The second kappa shape index (κ2) is 6.76. The van der Waals surface area contributed by atoms with E-state index >= 15 is 0 Å². The molecule has 2 amide bonds. The SMILES string of the molecule is CC(=O)Nc1cccc([C@@H](C)NC(=O)c2ccccc2O)c1. The van der Waals surface area contributed by atoms with Gasteiger partial charge >= 0.3 is 0 Å². The molecule has 0 fully saturated rings. The van der Waals surface area contributed by atoms with Crippen LogP contribution in [0.1, 0.15) is 35.8 Å². The molecule has 0 aliphatic heterocycles. The molecule has 22 heavy (non-hydrogen) atoms. The highest BCUT2D eigenvalue weighted by atomic mass is 16.3. The summed E-state index contributed by atoms with van der Waals surface area (Å²) in [7, 11) is 0. The van der Waals surface area contributed by atoms with Gasteiger partial charge in [-0.15, -0.1) is 0 Å². The Morgan fingerprint density at radius 3 is 2.50 bits per heavy atom. The van der Waals surface area contributed by atoms with E-state index in [1.165, 1.54) is 13.0 Å². The fourth-order valence-electron chi connectivity index (χ4n) is 2.11. The zero-order valence-electron chi connectivity index (χ0n) is 12.5. The van der Waals surface area contributed by atoms with Gasteiger partial charge in [0.05, 0.1) is 11.6 Å². The quantitative estimate of drug-likeness (QED) is 0.812. The average Bonchev–Trinajstić information content (AvgIpc) is 2.47. The van der Waals surface area contributed by atoms with Crippen LogP contribution in [0.25, 0.3) is 0 Å². The third kappa shape index (κ3) is 3.85. The molecule has 0 bridgehead atoms. The highest BCUT2D eigenvalue weighted by molar-refractivity contribution is 5.97. The molecule has 0 saturated carbocycles. The number of anilines is 1. The summed E-state index contributed by atoms with van der Waals surface area (Å²) in [6.45, 7) is 3.28. The zero-order chi connectivity index (χ0) is 16.1. The van der Waals surface area contributed by atoms with Gasteiger partial charge in [-0.2, -0.15) is 0 Å². The van der Waals surface area contributed by atoms with Crippen molar-refractivity contribution in [3.05, 3.63) is 59.7 Å². The van der Waals surface area contributed by atoms with Gasteiger partial charge in [-0.25, -0.2) is 0 Å². The van der Waals surface area contributed by atoms with Gasteiger partial charge in [0.25, 0.3) is 5.91 Å². The summed E-state index contributed by atoms with van der Waals surface area (Å²) in [5, 5.41) is 15.2. The number of benzene rings is 2. The van der Waals surface area contributed by atoms with Gasteiger partial charge < -0.3 is 15.7 Å². The molecule has 5 heteroatoms. The fraction of sp³-hybridized carbons (Fsp3) is 0.176. The number of carbonyl (C=O) groups is 2. The Kier molecular flexibility index (Phi) is 4.78. The lowest BCUT2D eigenvalue weighted by Gasteiger charge is -2.16. The fourth-order valence-corrected chi connectivity index (χ4v) is 2.11. The molecule has 0 radical (unpaired) electrons. The molecule has 3 N–H and O–H groups in total. The molecule has 1 atom stereocenters. The van der Waals surface area contributed by atoms with Gasteiger partial charge in [-0.3, -0.25) is 9.59 Å². The van der Waals surface area contributed by atoms with Gasteiger partial charge in [0.2, 0.25) is 5.91 Å². The van der Waals surface area contributed by atoms with Crippen LogP contribution in [0.15, 0.2) is 48.5 Å². The number of carbonyl (C=O) groups excluding carboxylic acids is 2. The normalized spacial score (nSPS) is 11.5. The summed E-state index contributed by atoms with van der Waals surface area (Å²) in [4.78, 5) is 23.3. The van der Waals surface area contributed by atoms with E-state index in [2.05, 4.69) is 10.6 Å². The van der Waals surface area contributed by atoms with E-state index in [0.29, 0.717) is 5.69 Å². The lowest BCUT2D eigenvalue weighted by Crippen LogP contribution is -2.26. The standard InChI is InChI=1S/C17H18N2O3/c1-11(13-6-5-7-14(10-13)19-12(2)20)18-17(22)15-8-3-4-9-16(15)21/h3-11,21H,1-2H3,(H,18,22)(H,19,20)/t11-/m1/s1. The molecular formula is C17H18N2O3. The van der Waals surface area contributed by atoms with Crippen molar-refractivity contribution in [3.63, 3.8) is 0 Å². The monoisotopic (exact) mass is 298 g/mol. The van der Waals surface area contributed by atoms with Crippen molar-refractivity contribution in [3.8, 4) is 5.75 Å². The van der Waals surface area contributed by atoms with E-state index in [4.69, 9.17) is 0 Å². The first-order valence-electron chi connectivity index (χ1n) is 6.94. The van der Waals surface area contributed by atoms with Crippen LogP contribution in [-0.2, 0) is 4.79 Å². The Balaban J connectivity index is 2.12. The topological polar surface area (TPSA) is 78.4 Å². The molecule has 2 aromatic rings. The number of nitrogens with one attached hydrogen (secondary N) is 2. The smallest absolute Gasteiger partial charge is 0.255 e. The van der Waals surface area contributed by atoms with E-state index < -0.39 is 0 Å². The zero-order valence-corrected chi connectivity index (χ0v) is 12.5. The van der Waals surface area contributed by atoms with Gasteiger partial charge in [0.15, 0.2) is 0 Å². The minimum Gasteiger partial charge on any atom is -0.507 e. The number of phenols is 1. The number of amides is 2. The van der Waals surface area contributed by atoms with E-state index in [9.17, 15) is 14.7 Å². The minimum absolute atomic E-state index is 0.0563. The molecule has 114 valence electrons. The van der Waals surface area contributed by atoms with Crippen molar-refractivity contribution in [2.45, 2.75) is 19.9 Å². The summed E-state index contributed by atoms with van der Waals surface area (Å²) in [6.07, 6.45) is 0. The van der Waals surface area contributed by atoms with Gasteiger partial charge in [0, 0.05) is 12.6 Å². The van der Waals surface area contributed by atoms with Crippen molar-refractivity contribution in [1.82, 2.24) is 5.32 Å². The number of hydrogen-bond donors (Lipinski definition) is 3. The molecule has 2 rings (SSSR count). The number of rotatable bonds is 4. The molecule has 2 aromatic carbocycles. The first kappa shape index (κ1) is 15.6. The predicted octanol–water partition coefficient (Wildman–Crippen LogP) is 2.84. The average molecular weight is 298 g/mol. The predicted molar refractivity (Wildman–Crippen MR) is 84.7 cm³/mol. The Bertz CT molecular complexity index is 698. The van der Waals surface area contributed by atoms with Crippen LogP contribution in [0.2, 0.25) is 0 Å². The van der Waals surface area contributed by atoms with Crippen molar-refractivity contribution in [2.75, 3.05) is 5.32 Å². The van der Waals surface area contributed by atoms with Gasteiger partial charge in [-0.1, -0.05) is 24.3 Å². The first-order valence-corrected chi connectivity index (χ1v) is 6.94. The van der Waals surface area contributed by atoms with Crippen LogP contribution >= 0.6 is 0 Å². The lowest BCUT2D eigenvalue weighted by atomic mass is 10.1. The summed E-state index contributed by atoms with van der Waals surface area (Å²) in [5.41, 5.74) is 1.76. The third-order valence-corrected chi connectivity index (χ3v) is 3.20. The summed E-state index contributed by atoms with van der Waals surface area (Å²) < 4.78 is 0. The summed E-state index contributed by atoms with van der Waals surface area (Å²) >= 11 is 0. The van der Waals surface area contributed by atoms with Crippen molar-refractivity contribution in [2.24, 2.45) is 0 Å².